The van der Waals surface area contributed by atoms with Crippen molar-refractivity contribution < 1.29 is 12.8 Å². The molecule has 2 heterocycles. The zero-order valence-corrected chi connectivity index (χ0v) is 15.4. The van der Waals surface area contributed by atoms with E-state index in [2.05, 4.69) is 10.3 Å². The number of aromatic nitrogens is 3. The van der Waals surface area contributed by atoms with Crippen LogP contribution in [0.25, 0.3) is 11.1 Å². The molecule has 4 rings (SSSR count). The molecule has 1 saturated heterocycles. The first kappa shape index (κ1) is 17.8. The van der Waals surface area contributed by atoms with E-state index in [-0.39, 0.29) is 16.8 Å². The van der Waals surface area contributed by atoms with Crippen molar-refractivity contribution in [2.45, 2.75) is 23.8 Å². The fourth-order valence-corrected chi connectivity index (χ4v) is 4.84. The molecule has 1 aliphatic heterocycles. The molecule has 6 nitrogen and oxygen atoms in total. The Labute approximate surface area is 157 Å². The summed E-state index contributed by atoms with van der Waals surface area (Å²) < 4.78 is 42.2. The highest BCUT2D eigenvalue weighted by Crippen LogP contribution is 2.27. The van der Waals surface area contributed by atoms with E-state index in [9.17, 15) is 12.8 Å². The molecule has 0 unspecified atom stereocenters. The fourth-order valence-electron chi connectivity index (χ4n) is 3.37. The van der Waals surface area contributed by atoms with E-state index in [1.54, 1.807) is 47.3 Å². The molecule has 2 aromatic carbocycles. The summed E-state index contributed by atoms with van der Waals surface area (Å²) in [7, 11) is -3.53. The summed E-state index contributed by atoms with van der Waals surface area (Å²) in [5.41, 5.74) is 1.69. The summed E-state index contributed by atoms with van der Waals surface area (Å²) in [5, 5.41) is 7.82. The van der Waals surface area contributed by atoms with Crippen LogP contribution in [0.1, 0.15) is 18.9 Å². The molecule has 1 aliphatic rings. The number of sulfonamides is 1. The summed E-state index contributed by atoms with van der Waals surface area (Å²) in [4.78, 5) is 0.271. The van der Waals surface area contributed by atoms with E-state index in [4.69, 9.17) is 0 Å². The lowest BCUT2D eigenvalue weighted by Gasteiger charge is -2.31. The van der Waals surface area contributed by atoms with Crippen molar-refractivity contribution in [1.82, 2.24) is 19.3 Å². The third kappa shape index (κ3) is 3.63. The lowest BCUT2D eigenvalue weighted by Crippen LogP contribution is -2.39. The van der Waals surface area contributed by atoms with Crippen LogP contribution in [0.3, 0.4) is 0 Å². The number of benzene rings is 2. The Bertz CT molecular complexity index is 995. The van der Waals surface area contributed by atoms with Crippen molar-refractivity contribution in [3.63, 3.8) is 0 Å². The zero-order chi connectivity index (χ0) is 18.9. The standard InChI is InChI=1S/C19H19FN4O2S/c20-17-5-1-15(2-6-17)16-3-7-19(8-4-16)27(25,26)23-12-9-18(10-13-23)24-14-11-21-22-24/h1-8,11,14,18H,9-10,12-13H2. The Morgan fingerprint density at radius 3 is 2.07 bits per heavy atom. The van der Waals surface area contributed by atoms with Gasteiger partial charge in [0.1, 0.15) is 5.82 Å². The summed E-state index contributed by atoms with van der Waals surface area (Å²) in [5.74, 6) is -0.299. The van der Waals surface area contributed by atoms with Gasteiger partial charge >= 0.3 is 0 Å². The van der Waals surface area contributed by atoms with Gasteiger partial charge < -0.3 is 0 Å². The maximum Gasteiger partial charge on any atom is 0.243 e. The quantitative estimate of drug-likeness (QED) is 0.691. The van der Waals surface area contributed by atoms with Gasteiger partial charge in [-0.2, -0.15) is 4.31 Å². The predicted octanol–water partition coefficient (Wildman–Crippen LogP) is 3.11. The first-order valence-electron chi connectivity index (χ1n) is 8.76. The summed E-state index contributed by atoms with van der Waals surface area (Å²) in [6.07, 6.45) is 4.85. The Hall–Kier alpha value is -2.58. The van der Waals surface area contributed by atoms with Gasteiger partial charge in [-0.05, 0) is 48.2 Å². The summed E-state index contributed by atoms with van der Waals surface area (Å²) in [6.45, 7) is 0.902. The fraction of sp³-hybridized carbons (Fsp3) is 0.263. The molecule has 1 aromatic heterocycles. The number of piperidine rings is 1. The van der Waals surface area contributed by atoms with Gasteiger partial charge in [-0.25, -0.2) is 17.5 Å². The molecule has 0 atom stereocenters. The predicted molar refractivity (Wildman–Crippen MR) is 98.9 cm³/mol. The van der Waals surface area contributed by atoms with Crippen molar-refractivity contribution in [2.24, 2.45) is 0 Å². The van der Waals surface area contributed by atoms with Crippen LogP contribution >= 0.6 is 0 Å². The molecule has 0 aliphatic carbocycles. The maximum absolute atomic E-state index is 13.1. The molecule has 27 heavy (non-hydrogen) atoms. The van der Waals surface area contributed by atoms with Crippen molar-refractivity contribution >= 4 is 10.0 Å². The monoisotopic (exact) mass is 386 g/mol. The second-order valence-electron chi connectivity index (χ2n) is 6.55. The summed E-state index contributed by atoms with van der Waals surface area (Å²) >= 11 is 0. The Morgan fingerprint density at radius 1 is 0.926 bits per heavy atom. The van der Waals surface area contributed by atoms with Crippen molar-refractivity contribution in [3.05, 3.63) is 66.7 Å². The second-order valence-corrected chi connectivity index (χ2v) is 8.49. The normalized spacial score (nSPS) is 16.5. The zero-order valence-electron chi connectivity index (χ0n) is 14.6. The Morgan fingerprint density at radius 2 is 1.52 bits per heavy atom. The molecule has 0 amide bonds. The number of nitrogens with zero attached hydrogens (tertiary/aromatic N) is 4. The SMILES string of the molecule is O=S(=O)(c1ccc(-c2ccc(F)cc2)cc1)N1CCC(n2ccnn2)CC1. The number of rotatable bonds is 4. The highest BCUT2D eigenvalue weighted by atomic mass is 32.2. The van der Waals surface area contributed by atoms with Gasteiger partial charge in [-0.15, -0.1) is 5.10 Å². The van der Waals surface area contributed by atoms with Gasteiger partial charge in [0, 0.05) is 19.3 Å². The lowest BCUT2D eigenvalue weighted by atomic mass is 10.1. The minimum Gasteiger partial charge on any atom is -0.249 e. The van der Waals surface area contributed by atoms with Crippen LogP contribution in [-0.4, -0.2) is 40.8 Å². The van der Waals surface area contributed by atoms with E-state index >= 15 is 0 Å². The van der Waals surface area contributed by atoms with Crippen LogP contribution in [0.4, 0.5) is 4.39 Å². The molecule has 1 fully saturated rings. The number of halogens is 1. The molecule has 0 saturated carbocycles. The van der Waals surface area contributed by atoms with Crippen LogP contribution in [0, 0.1) is 5.82 Å². The van der Waals surface area contributed by atoms with Crippen LogP contribution in [0.5, 0.6) is 0 Å². The van der Waals surface area contributed by atoms with E-state index in [0.29, 0.717) is 25.9 Å². The molecular formula is C19H19FN4O2S. The van der Waals surface area contributed by atoms with Gasteiger partial charge in [0.05, 0.1) is 17.1 Å². The van der Waals surface area contributed by atoms with E-state index in [1.165, 1.54) is 16.4 Å². The van der Waals surface area contributed by atoms with Crippen LogP contribution in [0.2, 0.25) is 0 Å². The highest BCUT2D eigenvalue weighted by molar-refractivity contribution is 7.89. The number of hydrogen-bond donors (Lipinski definition) is 0. The van der Waals surface area contributed by atoms with Gasteiger partial charge in [-0.1, -0.05) is 29.5 Å². The largest absolute Gasteiger partial charge is 0.249 e. The van der Waals surface area contributed by atoms with Crippen molar-refractivity contribution in [3.8, 4) is 11.1 Å². The number of hydrogen-bond acceptors (Lipinski definition) is 4. The van der Waals surface area contributed by atoms with Crippen LogP contribution in [0.15, 0.2) is 65.8 Å². The highest BCUT2D eigenvalue weighted by Gasteiger charge is 2.30. The van der Waals surface area contributed by atoms with Crippen molar-refractivity contribution in [2.75, 3.05) is 13.1 Å². The molecule has 3 aromatic rings. The first-order valence-corrected chi connectivity index (χ1v) is 10.2. The third-order valence-corrected chi connectivity index (χ3v) is 6.82. The summed E-state index contributed by atoms with van der Waals surface area (Å²) in [6, 6.07) is 13.0. The maximum atomic E-state index is 13.1. The van der Waals surface area contributed by atoms with Gasteiger partial charge in [0.2, 0.25) is 10.0 Å². The van der Waals surface area contributed by atoms with Crippen LogP contribution in [-0.2, 0) is 10.0 Å². The van der Waals surface area contributed by atoms with Gasteiger partial charge in [0.15, 0.2) is 0 Å². The Kier molecular flexibility index (Phi) is 4.75. The van der Waals surface area contributed by atoms with E-state index in [0.717, 1.165) is 11.1 Å². The lowest BCUT2D eigenvalue weighted by molar-refractivity contribution is 0.258. The molecular weight excluding hydrogens is 367 g/mol. The minimum absolute atomic E-state index is 0.180. The average molecular weight is 386 g/mol. The smallest absolute Gasteiger partial charge is 0.243 e. The Balaban J connectivity index is 1.48. The molecule has 0 bridgehead atoms. The minimum atomic E-state index is -3.53. The van der Waals surface area contributed by atoms with E-state index < -0.39 is 10.0 Å². The third-order valence-electron chi connectivity index (χ3n) is 4.91. The van der Waals surface area contributed by atoms with Gasteiger partial charge in [0.25, 0.3) is 0 Å². The molecule has 0 radical (unpaired) electrons. The molecule has 0 spiro atoms. The topological polar surface area (TPSA) is 68.1 Å². The molecule has 8 heteroatoms. The van der Waals surface area contributed by atoms with E-state index in [1.807, 2.05) is 6.20 Å². The first-order chi connectivity index (χ1) is 13.0. The van der Waals surface area contributed by atoms with Crippen LogP contribution < -0.4 is 0 Å². The molecule has 140 valence electrons. The van der Waals surface area contributed by atoms with Crippen molar-refractivity contribution in [1.29, 1.82) is 0 Å². The van der Waals surface area contributed by atoms with Gasteiger partial charge in [-0.3, -0.25) is 0 Å². The molecule has 0 N–H and O–H groups in total. The average Bonchev–Trinajstić information content (AvgIpc) is 3.24. The second kappa shape index (κ2) is 7.21.